The quantitative estimate of drug-likeness (QED) is 0.711. The fraction of sp³-hybridized carbons (Fsp3) is 0.600. The number of aromatic nitrogens is 2. The van der Waals surface area contributed by atoms with E-state index < -0.39 is 0 Å². The van der Waals surface area contributed by atoms with E-state index in [9.17, 15) is 4.79 Å². The summed E-state index contributed by atoms with van der Waals surface area (Å²) in [7, 11) is 1.87. The molecule has 0 unspecified atom stereocenters. The standard InChI is InChI=1S/C10H16N4O/c1-14-9(2-3-13-14)7-12-10(15)4-8-5-11-6-8/h2-3,8,11H,4-7H2,1H3,(H,12,15). The van der Waals surface area contributed by atoms with E-state index in [0.29, 0.717) is 18.9 Å². The van der Waals surface area contributed by atoms with Gasteiger partial charge in [-0.1, -0.05) is 0 Å². The molecule has 82 valence electrons. The Morgan fingerprint density at radius 3 is 3.07 bits per heavy atom. The van der Waals surface area contributed by atoms with E-state index >= 15 is 0 Å². The first kappa shape index (κ1) is 10.2. The molecule has 1 aromatic rings. The number of carbonyl (C=O) groups excluding carboxylic acids is 1. The lowest BCUT2D eigenvalue weighted by Gasteiger charge is -2.26. The molecule has 0 spiro atoms. The van der Waals surface area contributed by atoms with Gasteiger partial charge in [-0.25, -0.2) is 0 Å². The average Bonchev–Trinajstić information content (AvgIpc) is 2.55. The van der Waals surface area contributed by atoms with Gasteiger partial charge in [0.2, 0.25) is 5.91 Å². The van der Waals surface area contributed by atoms with Crippen molar-refractivity contribution in [2.75, 3.05) is 13.1 Å². The molecule has 5 heteroatoms. The van der Waals surface area contributed by atoms with Gasteiger partial charge < -0.3 is 10.6 Å². The minimum absolute atomic E-state index is 0.128. The summed E-state index contributed by atoms with van der Waals surface area (Å²) in [6.07, 6.45) is 2.36. The third kappa shape index (κ3) is 2.56. The molecule has 0 aliphatic carbocycles. The number of hydrogen-bond acceptors (Lipinski definition) is 3. The van der Waals surface area contributed by atoms with Crippen molar-refractivity contribution in [1.82, 2.24) is 20.4 Å². The van der Waals surface area contributed by atoms with Crippen molar-refractivity contribution in [3.63, 3.8) is 0 Å². The number of rotatable bonds is 4. The molecular formula is C10H16N4O. The smallest absolute Gasteiger partial charge is 0.220 e. The molecule has 2 rings (SSSR count). The Labute approximate surface area is 88.8 Å². The summed E-state index contributed by atoms with van der Waals surface area (Å²) < 4.78 is 1.77. The average molecular weight is 208 g/mol. The summed E-state index contributed by atoms with van der Waals surface area (Å²) in [5.74, 6) is 0.652. The van der Waals surface area contributed by atoms with E-state index in [1.54, 1.807) is 10.9 Å². The van der Waals surface area contributed by atoms with Crippen molar-refractivity contribution in [3.05, 3.63) is 18.0 Å². The molecule has 1 aliphatic heterocycles. The van der Waals surface area contributed by atoms with Crippen molar-refractivity contribution < 1.29 is 4.79 Å². The molecule has 0 radical (unpaired) electrons. The van der Waals surface area contributed by atoms with Gasteiger partial charge in [0.05, 0.1) is 12.2 Å². The zero-order valence-corrected chi connectivity index (χ0v) is 8.86. The van der Waals surface area contributed by atoms with Crippen LogP contribution in [0, 0.1) is 5.92 Å². The van der Waals surface area contributed by atoms with E-state index in [-0.39, 0.29) is 5.91 Å². The van der Waals surface area contributed by atoms with Gasteiger partial charge in [-0.05, 0) is 25.1 Å². The number of aryl methyl sites for hydroxylation is 1. The second kappa shape index (κ2) is 4.44. The van der Waals surface area contributed by atoms with E-state index in [0.717, 1.165) is 18.8 Å². The maximum absolute atomic E-state index is 11.5. The lowest BCUT2D eigenvalue weighted by molar-refractivity contribution is -0.122. The van der Waals surface area contributed by atoms with E-state index in [1.165, 1.54) is 0 Å². The van der Waals surface area contributed by atoms with Crippen molar-refractivity contribution in [1.29, 1.82) is 0 Å². The normalized spacial score (nSPS) is 16.1. The second-order valence-electron chi connectivity index (χ2n) is 3.95. The summed E-state index contributed by atoms with van der Waals surface area (Å²) in [5.41, 5.74) is 1.02. The molecule has 1 aliphatic rings. The molecule has 0 aromatic carbocycles. The maximum Gasteiger partial charge on any atom is 0.220 e. The summed E-state index contributed by atoms with van der Waals surface area (Å²) in [6.45, 7) is 2.51. The van der Waals surface area contributed by atoms with Gasteiger partial charge in [-0.3, -0.25) is 9.48 Å². The van der Waals surface area contributed by atoms with Gasteiger partial charge in [0.25, 0.3) is 0 Å². The van der Waals surface area contributed by atoms with Gasteiger partial charge >= 0.3 is 0 Å². The monoisotopic (exact) mass is 208 g/mol. The molecule has 1 aromatic heterocycles. The fourth-order valence-corrected chi connectivity index (χ4v) is 1.59. The first-order chi connectivity index (χ1) is 7.25. The van der Waals surface area contributed by atoms with Crippen LogP contribution in [0.25, 0.3) is 0 Å². The highest BCUT2D eigenvalue weighted by Crippen LogP contribution is 2.07. The summed E-state index contributed by atoms with van der Waals surface area (Å²) >= 11 is 0. The van der Waals surface area contributed by atoms with Crippen LogP contribution < -0.4 is 10.6 Å². The maximum atomic E-state index is 11.5. The highest BCUT2D eigenvalue weighted by atomic mass is 16.1. The highest BCUT2D eigenvalue weighted by molar-refractivity contribution is 5.76. The third-order valence-electron chi connectivity index (χ3n) is 2.73. The Kier molecular flexibility index (Phi) is 3.01. The van der Waals surface area contributed by atoms with Crippen molar-refractivity contribution in [3.8, 4) is 0 Å². The predicted octanol–water partition coefficient (Wildman–Crippen LogP) is -0.354. The summed E-state index contributed by atoms with van der Waals surface area (Å²) in [5, 5.41) is 10.1. The van der Waals surface area contributed by atoms with Gasteiger partial charge in [-0.2, -0.15) is 5.10 Å². The van der Waals surface area contributed by atoms with Gasteiger partial charge in [0, 0.05) is 19.7 Å². The van der Waals surface area contributed by atoms with Crippen LogP contribution in [0.5, 0.6) is 0 Å². The van der Waals surface area contributed by atoms with Crippen LogP contribution in [-0.4, -0.2) is 28.8 Å². The lowest BCUT2D eigenvalue weighted by Crippen LogP contribution is -2.44. The molecule has 15 heavy (non-hydrogen) atoms. The Morgan fingerprint density at radius 1 is 1.73 bits per heavy atom. The molecule has 1 amide bonds. The van der Waals surface area contributed by atoms with Crippen molar-refractivity contribution in [2.45, 2.75) is 13.0 Å². The second-order valence-corrected chi connectivity index (χ2v) is 3.95. The molecule has 0 bridgehead atoms. The SMILES string of the molecule is Cn1nccc1CNC(=O)CC1CNC1. The van der Waals surface area contributed by atoms with Crippen LogP contribution >= 0.6 is 0 Å². The minimum Gasteiger partial charge on any atom is -0.350 e. The van der Waals surface area contributed by atoms with E-state index in [2.05, 4.69) is 15.7 Å². The molecule has 1 saturated heterocycles. The first-order valence-electron chi connectivity index (χ1n) is 5.20. The van der Waals surface area contributed by atoms with Crippen LogP contribution in [0.2, 0.25) is 0 Å². The van der Waals surface area contributed by atoms with Crippen LogP contribution in [0.1, 0.15) is 12.1 Å². The van der Waals surface area contributed by atoms with Crippen molar-refractivity contribution >= 4 is 5.91 Å². The first-order valence-corrected chi connectivity index (χ1v) is 5.20. The van der Waals surface area contributed by atoms with Gasteiger partial charge in [-0.15, -0.1) is 0 Å². The van der Waals surface area contributed by atoms with E-state index in [1.807, 2.05) is 13.1 Å². The summed E-state index contributed by atoms with van der Waals surface area (Å²) in [4.78, 5) is 11.5. The number of nitrogens with one attached hydrogen (secondary N) is 2. The molecular weight excluding hydrogens is 192 g/mol. The predicted molar refractivity (Wildman–Crippen MR) is 56.0 cm³/mol. The number of nitrogens with zero attached hydrogens (tertiary/aromatic N) is 2. The van der Waals surface area contributed by atoms with Gasteiger partial charge in [0.15, 0.2) is 0 Å². The highest BCUT2D eigenvalue weighted by Gasteiger charge is 2.19. The molecule has 0 saturated carbocycles. The third-order valence-corrected chi connectivity index (χ3v) is 2.73. The Hall–Kier alpha value is -1.36. The molecule has 0 atom stereocenters. The topological polar surface area (TPSA) is 59.0 Å². The zero-order valence-electron chi connectivity index (χ0n) is 8.86. The lowest BCUT2D eigenvalue weighted by atomic mass is 9.99. The van der Waals surface area contributed by atoms with Crippen LogP contribution in [-0.2, 0) is 18.4 Å². The Bertz CT molecular complexity index is 343. The largest absolute Gasteiger partial charge is 0.350 e. The van der Waals surface area contributed by atoms with Crippen molar-refractivity contribution in [2.24, 2.45) is 13.0 Å². The molecule has 2 heterocycles. The Morgan fingerprint density at radius 2 is 2.53 bits per heavy atom. The number of carbonyl (C=O) groups is 1. The summed E-state index contributed by atoms with van der Waals surface area (Å²) in [6, 6.07) is 1.91. The molecule has 5 nitrogen and oxygen atoms in total. The van der Waals surface area contributed by atoms with E-state index in [4.69, 9.17) is 0 Å². The molecule has 2 N–H and O–H groups in total. The Balaban J connectivity index is 1.73. The van der Waals surface area contributed by atoms with Gasteiger partial charge in [0.1, 0.15) is 0 Å². The number of amides is 1. The molecule has 1 fully saturated rings. The van der Waals surface area contributed by atoms with Crippen LogP contribution in [0.3, 0.4) is 0 Å². The zero-order chi connectivity index (χ0) is 10.7. The van der Waals surface area contributed by atoms with Crippen LogP contribution in [0.4, 0.5) is 0 Å². The fourth-order valence-electron chi connectivity index (χ4n) is 1.59. The van der Waals surface area contributed by atoms with Crippen LogP contribution in [0.15, 0.2) is 12.3 Å². The minimum atomic E-state index is 0.128. The number of hydrogen-bond donors (Lipinski definition) is 2.